The Labute approximate surface area is 127 Å². The van der Waals surface area contributed by atoms with Crippen molar-refractivity contribution in [2.24, 2.45) is 0 Å². The number of carbonyl (C=O) groups excluding carboxylic acids is 1. The van der Waals surface area contributed by atoms with E-state index in [1.807, 2.05) is 30.5 Å². The van der Waals surface area contributed by atoms with Crippen LogP contribution in [-0.4, -0.2) is 60.5 Å². The minimum atomic E-state index is -0.993. The van der Waals surface area contributed by atoms with Gasteiger partial charge in [-0.2, -0.15) is 0 Å². The summed E-state index contributed by atoms with van der Waals surface area (Å²) in [6.07, 6.45) is 1.09. The first-order chi connectivity index (χ1) is 10.1. The van der Waals surface area contributed by atoms with Gasteiger partial charge in [0.15, 0.2) is 6.10 Å². The SMILES string of the molecule is CSc1ccccc1NC(=O)CN1CCOC(C(=O)O)C1. The molecule has 21 heavy (non-hydrogen) atoms. The predicted octanol–water partition coefficient (Wildman–Crippen LogP) is 1.13. The number of carboxylic acids is 1. The lowest BCUT2D eigenvalue weighted by Gasteiger charge is -2.30. The quantitative estimate of drug-likeness (QED) is 0.794. The van der Waals surface area contributed by atoms with Crippen molar-refractivity contribution < 1.29 is 19.4 Å². The number of nitrogens with zero attached hydrogens (tertiary/aromatic N) is 1. The summed E-state index contributed by atoms with van der Waals surface area (Å²) in [6, 6.07) is 7.57. The van der Waals surface area contributed by atoms with Gasteiger partial charge in [0.05, 0.1) is 18.8 Å². The number of rotatable bonds is 5. The summed E-state index contributed by atoms with van der Waals surface area (Å²) in [7, 11) is 0. The van der Waals surface area contributed by atoms with Crippen LogP contribution in [0.2, 0.25) is 0 Å². The summed E-state index contributed by atoms with van der Waals surface area (Å²) in [6.45, 7) is 1.27. The first-order valence-electron chi connectivity index (χ1n) is 6.60. The average molecular weight is 310 g/mol. The molecule has 1 aliphatic heterocycles. The van der Waals surface area contributed by atoms with Crippen LogP contribution < -0.4 is 5.32 Å². The van der Waals surface area contributed by atoms with E-state index >= 15 is 0 Å². The lowest BCUT2D eigenvalue weighted by molar-refractivity contribution is -0.156. The van der Waals surface area contributed by atoms with Gasteiger partial charge in [-0.25, -0.2) is 4.79 Å². The number of benzene rings is 1. The fourth-order valence-electron chi connectivity index (χ4n) is 2.14. The van der Waals surface area contributed by atoms with E-state index in [0.29, 0.717) is 13.2 Å². The van der Waals surface area contributed by atoms with Gasteiger partial charge < -0.3 is 15.2 Å². The fourth-order valence-corrected chi connectivity index (χ4v) is 2.69. The predicted molar refractivity (Wildman–Crippen MR) is 80.7 cm³/mol. The number of thioether (sulfide) groups is 1. The molecule has 0 radical (unpaired) electrons. The van der Waals surface area contributed by atoms with E-state index in [0.717, 1.165) is 10.6 Å². The van der Waals surface area contributed by atoms with E-state index in [1.165, 1.54) is 0 Å². The molecule has 1 saturated heterocycles. The highest BCUT2D eigenvalue weighted by molar-refractivity contribution is 7.98. The Bertz CT molecular complexity index is 523. The summed E-state index contributed by atoms with van der Waals surface area (Å²) >= 11 is 1.56. The van der Waals surface area contributed by atoms with Crippen LogP contribution in [0.4, 0.5) is 5.69 Å². The van der Waals surface area contributed by atoms with Crippen molar-refractivity contribution in [3.05, 3.63) is 24.3 Å². The Morgan fingerprint density at radius 1 is 1.48 bits per heavy atom. The van der Waals surface area contributed by atoms with E-state index < -0.39 is 12.1 Å². The molecule has 1 fully saturated rings. The van der Waals surface area contributed by atoms with Crippen LogP contribution in [0.25, 0.3) is 0 Å². The molecule has 1 aliphatic rings. The number of anilines is 1. The molecule has 2 rings (SSSR count). The number of amides is 1. The zero-order valence-corrected chi connectivity index (χ0v) is 12.6. The molecule has 0 aromatic heterocycles. The number of aliphatic carboxylic acids is 1. The molecule has 0 bridgehead atoms. The molecule has 2 N–H and O–H groups in total. The van der Waals surface area contributed by atoms with Gasteiger partial charge in [0.25, 0.3) is 0 Å². The Morgan fingerprint density at radius 3 is 2.95 bits per heavy atom. The molecule has 1 atom stereocenters. The van der Waals surface area contributed by atoms with Crippen LogP contribution in [0.1, 0.15) is 0 Å². The van der Waals surface area contributed by atoms with Crippen molar-refractivity contribution in [2.45, 2.75) is 11.0 Å². The van der Waals surface area contributed by atoms with Crippen molar-refractivity contribution >= 4 is 29.3 Å². The van der Waals surface area contributed by atoms with Crippen molar-refractivity contribution in [1.29, 1.82) is 0 Å². The second-order valence-corrected chi connectivity index (χ2v) is 5.53. The summed E-state index contributed by atoms with van der Waals surface area (Å²) in [5.74, 6) is -1.14. The lowest BCUT2D eigenvalue weighted by atomic mass is 10.2. The number of hydrogen-bond acceptors (Lipinski definition) is 5. The standard InChI is InChI=1S/C14H18N2O4S/c1-21-12-5-3-2-4-10(12)15-13(17)9-16-6-7-20-11(8-16)14(18)19/h2-5,11H,6-9H2,1H3,(H,15,17)(H,18,19). The Kier molecular flexibility index (Phi) is 5.60. The third kappa shape index (κ3) is 4.45. The minimum absolute atomic E-state index is 0.150. The van der Waals surface area contributed by atoms with E-state index in [2.05, 4.69) is 5.32 Å². The summed E-state index contributed by atoms with van der Waals surface area (Å²) in [5, 5.41) is 11.8. The maximum absolute atomic E-state index is 12.1. The Balaban J connectivity index is 1.91. The maximum Gasteiger partial charge on any atom is 0.334 e. The van der Waals surface area contributed by atoms with Gasteiger partial charge in [-0.1, -0.05) is 12.1 Å². The van der Waals surface area contributed by atoms with Gasteiger partial charge in [-0.15, -0.1) is 11.8 Å². The van der Waals surface area contributed by atoms with Crippen LogP contribution in [0, 0.1) is 0 Å². The van der Waals surface area contributed by atoms with Gasteiger partial charge in [0.2, 0.25) is 5.91 Å². The molecule has 1 aromatic carbocycles. The molecule has 0 spiro atoms. The number of nitrogens with one attached hydrogen (secondary N) is 1. The highest BCUT2D eigenvalue weighted by Gasteiger charge is 2.27. The second kappa shape index (κ2) is 7.44. The van der Waals surface area contributed by atoms with Gasteiger partial charge in [0, 0.05) is 18.0 Å². The molecule has 7 heteroatoms. The number of ether oxygens (including phenoxy) is 1. The first kappa shape index (κ1) is 15.8. The number of carbonyl (C=O) groups is 2. The van der Waals surface area contributed by atoms with Crippen LogP contribution in [-0.2, 0) is 14.3 Å². The number of morpholine rings is 1. The smallest absolute Gasteiger partial charge is 0.334 e. The monoisotopic (exact) mass is 310 g/mol. The molecular formula is C14H18N2O4S. The van der Waals surface area contributed by atoms with E-state index in [-0.39, 0.29) is 19.0 Å². The number of hydrogen-bond donors (Lipinski definition) is 2. The van der Waals surface area contributed by atoms with E-state index in [4.69, 9.17) is 9.84 Å². The van der Waals surface area contributed by atoms with Crippen molar-refractivity contribution in [2.75, 3.05) is 37.8 Å². The molecule has 1 heterocycles. The molecule has 1 aromatic rings. The zero-order valence-electron chi connectivity index (χ0n) is 11.7. The molecule has 0 aliphatic carbocycles. The lowest BCUT2D eigenvalue weighted by Crippen LogP contribution is -2.48. The molecular weight excluding hydrogens is 292 g/mol. The first-order valence-corrected chi connectivity index (χ1v) is 7.82. The van der Waals surface area contributed by atoms with Crippen molar-refractivity contribution in [3.8, 4) is 0 Å². The largest absolute Gasteiger partial charge is 0.479 e. The normalized spacial score (nSPS) is 19.2. The highest BCUT2D eigenvalue weighted by atomic mass is 32.2. The number of para-hydroxylation sites is 1. The molecule has 114 valence electrons. The second-order valence-electron chi connectivity index (χ2n) is 4.68. The third-order valence-electron chi connectivity index (χ3n) is 3.17. The van der Waals surface area contributed by atoms with Crippen LogP contribution in [0.15, 0.2) is 29.2 Å². The maximum atomic E-state index is 12.1. The van der Waals surface area contributed by atoms with Crippen LogP contribution >= 0.6 is 11.8 Å². The average Bonchev–Trinajstić information content (AvgIpc) is 2.48. The van der Waals surface area contributed by atoms with E-state index in [9.17, 15) is 9.59 Å². The van der Waals surface area contributed by atoms with Crippen LogP contribution in [0.3, 0.4) is 0 Å². The van der Waals surface area contributed by atoms with E-state index in [1.54, 1.807) is 16.7 Å². The Morgan fingerprint density at radius 2 is 2.24 bits per heavy atom. The Hall–Kier alpha value is -1.57. The molecule has 1 amide bonds. The topological polar surface area (TPSA) is 78.9 Å². The highest BCUT2D eigenvalue weighted by Crippen LogP contribution is 2.24. The van der Waals surface area contributed by atoms with Gasteiger partial charge in [0.1, 0.15) is 0 Å². The van der Waals surface area contributed by atoms with Gasteiger partial charge in [-0.3, -0.25) is 9.69 Å². The van der Waals surface area contributed by atoms with Crippen molar-refractivity contribution in [1.82, 2.24) is 4.90 Å². The molecule has 0 saturated carbocycles. The fraction of sp³-hybridized carbons (Fsp3) is 0.429. The molecule has 6 nitrogen and oxygen atoms in total. The summed E-state index contributed by atoms with van der Waals surface area (Å²) < 4.78 is 5.13. The number of carboxylic acid groups (broad SMARTS) is 1. The van der Waals surface area contributed by atoms with Gasteiger partial charge in [-0.05, 0) is 18.4 Å². The third-order valence-corrected chi connectivity index (χ3v) is 3.97. The summed E-state index contributed by atoms with van der Waals surface area (Å²) in [5.41, 5.74) is 0.776. The van der Waals surface area contributed by atoms with Gasteiger partial charge >= 0.3 is 5.97 Å². The summed E-state index contributed by atoms with van der Waals surface area (Å²) in [4.78, 5) is 25.8. The zero-order chi connectivity index (χ0) is 15.2. The van der Waals surface area contributed by atoms with Crippen LogP contribution in [0.5, 0.6) is 0 Å². The molecule has 1 unspecified atom stereocenters. The minimum Gasteiger partial charge on any atom is -0.479 e. The van der Waals surface area contributed by atoms with Crippen molar-refractivity contribution in [3.63, 3.8) is 0 Å².